The smallest absolute Gasteiger partial charge is 0.193 e. The van der Waals surface area contributed by atoms with Gasteiger partial charge in [0.15, 0.2) is 19.7 Å². The van der Waals surface area contributed by atoms with Gasteiger partial charge < -0.3 is 5.32 Å². The van der Waals surface area contributed by atoms with E-state index in [1.807, 2.05) is 30.3 Å². The summed E-state index contributed by atoms with van der Waals surface area (Å²) in [5.41, 5.74) is 1.21. The molecular formula is C17H21NO4S3. The number of rotatable bonds is 7. The molecule has 1 fully saturated rings. The molecule has 1 aliphatic heterocycles. The van der Waals surface area contributed by atoms with E-state index in [-0.39, 0.29) is 15.7 Å². The summed E-state index contributed by atoms with van der Waals surface area (Å²) in [5, 5.41) is 3.96. The van der Waals surface area contributed by atoms with Crippen LogP contribution >= 0.6 is 11.3 Å². The summed E-state index contributed by atoms with van der Waals surface area (Å²) in [6.45, 7) is 0.589. The Morgan fingerprint density at radius 2 is 1.84 bits per heavy atom. The fourth-order valence-corrected chi connectivity index (χ4v) is 9.05. The third kappa shape index (κ3) is 4.49. The summed E-state index contributed by atoms with van der Waals surface area (Å²) in [6, 6.07) is 12.7. The molecule has 0 aliphatic carbocycles. The van der Waals surface area contributed by atoms with Crippen molar-refractivity contribution in [1.82, 2.24) is 5.32 Å². The van der Waals surface area contributed by atoms with Gasteiger partial charge in [-0.2, -0.15) is 0 Å². The number of thiophene rings is 1. The van der Waals surface area contributed by atoms with E-state index >= 15 is 0 Å². The third-order valence-electron chi connectivity index (χ3n) is 4.37. The van der Waals surface area contributed by atoms with Crippen molar-refractivity contribution in [3.05, 3.63) is 53.4 Å². The van der Waals surface area contributed by atoms with Crippen LogP contribution in [-0.2, 0) is 26.1 Å². The molecule has 0 spiro atoms. The normalized spacial score (nSPS) is 22.9. The molecule has 2 aromatic rings. The predicted molar refractivity (Wildman–Crippen MR) is 101 cm³/mol. The van der Waals surface area contributed by atoms with Crippen molar-refractivity contribution in [2.45, 2.75) is 28.3 Å². The van der Waals surface area contributed by atoms with Gasteiger partial charge in [-0.3, -0.25) is 0 Å². The minimum Gasteiger partial charge on any atom is -0.312 e. The summed E-state index contributed by atoms with van der Waals surface area (Å²) in [5.74, 6) is -0.419. The van der Waals surface area contributed by atoms with Gasteiger partial charge in [-0.05, 0) is 36.4 Å². The topological polar surface area (TPSA) is 80.3 Å². The van der Waals surface area contributed by atoms with Gasteiger partial charge in [0.25, 0.3) is 0 Å². The molecule has 0 amide bonds. The zero-order valence-corrected chi connectivity index (χ0v) is 16.1. The Balaban J connectivity index is 1.64. The van der Waals surface area contributed by atoms with Gasteiger partial charge in [0.2, 0.25) is 0 Å². The number of sulfone groups is 2. The highest BCUT2D eigenvalue weighted by molar-refractivity contribution is 7.97. The molecule has 1 aromatic carbocycles. The summed E-state index contributed by atoms with van der Waals surface area (Å²) in [7, 11) is -6.97. The Hall–Kier alpha value is -1.22. The highest BCUT2D eigenvalue weighted by Gasteiger charge is 2.45. The quantitative estimate of drug-likeness (QED) is 0.720. The fourth-order valence-electron chi connectivity index (χ4n) is 3.11. The van der Waals surface area contributed by atoms with Crippen molar-refractivity contribution >= 4 is 31.0 Å². The van der Waals surface area contributed by atoms with Gasteiger partial charge in [-0.15, -0.1) is 11.3 Å². The van der Waals surface area contributed by atoms with Crippen LogP contribution in [0.5, 0.6) is 0 Å². The minimum atomic E-state index is -3.63. The van der Waals surface area contributed by atoms with E-state index in [9.17, 15) is 16.8 Å². The third-order valence-corrected chi connectivity index (χ3v) is 9.95. The lowest BCUT2D eigenvalue weighted by molar-refractivity contribution is 0.521. The van der Waals surface area contributed by atoms with E-state index in [0.29, 0.717) is 6.54 Å². The SMILES string of the molecule is O=S1(=O)CC(NCCCc2ccccc2)C(S(=O)(=O)c2cccs2)C1. The zero-order valence-electron chi connectivity index (χ0n) is 13.7. The van der Waals surface area contributed by atoms with Crippen molar-refractivity contribution in [2.75, 3.05) is 18.1 Å². The van der Waals surface area contributed by atoms with Crippen molar-refractivity contribution in [1.29, 1.82) is 0 Å². The second-order valence-corrected chi connectivity index (χ2v) is 11.7. The van der Waals surface area contributed by atoms with E-state index in [0.717, 1.165) is 24.2 Å². The Labute approximate surface area is 152 Å². The average molecular weight is 400 g/mol. The molecule has 5 nitrogen and oxygen atoms in total. The first-order chi connectivity index (χ1) is 11.9. The maximum absolute atomic E-state index is 12.8. The van der Waals surface area contributed by atoms with Crippen molar-refractivity contribution in [3.63, 3.8) is 0 Å². The predicted octanol–water partition coefficient (Wildman–Crippen LogP) is 1.91. The van der Waals surface area contributed by atoms with Crippen LogP contribution < -0.4 is 5.32 Å². The van der Waals surface area contributed by atoms with E-state index < -0.39 is 31.0 Å². The molecule has 0 radical (unpaired) electrons. The number of hydrogen-bond donors (Lipinski definition) is 1. The first-order valence-corrected chi connectivity index (χ1v) is 12.4. The van der Waals surface area contributed by atoms with Crippen molar-refractivity contribution < 1.29 is 16.8 Å². The van der Waals surface area contributed by atoms with Crippen LogP contribution in [0.3, 0.4) is 0 Å². The highest BCUT2D eigenvalue weighted by atomic mass is 32.2. The first-order valence-electron chi connectivity index (χ1n) is 8.14. The molecule has 0 bridgehead atoms. The van der Waals surface area contributed by atoms with Gasteiger partial charge in [0.1, 0.15) is 4.21 Å². The number of benzene rings is 1. The van der Waals surface area contributed by atoms with Gasteiger partial charge >= 0.3 is 0 Å². The largest absolute Gasteiger partial charge is 0.312 e. The number of hydrogen-bond acceptors (Lipinski definition) is 6. The molecule has 25 heavy (non-hydrogen) atoms. The van der Waals surface area contributed by atoms with Crippen LogP contribution in [0.1, 0.15) is 12.0 Å². The van der Waals surface area contributed by atoms with E-state index in [4.69, 9.17) is 0 Å². The van der Waals surface area contributed by atoms with Gasteiger partial charge in [0, 0.05) is 6.04 Å². The average Bonchev–Trinajstić information content (AvgIpc) is 3.21. The number of nitrogens with one attached hydrogen (secondary N) is 1. The van der Waals surface area contributed by atoms with Crippen LogP contribution in [0.25, 0.3) is 0 Å². The van der Waals surface area contributed by atoms with Crippen molar-refractivity contribution in [3.8, 4) is 0 Å². The minimum absolute atomic E-state index is 0.117. The van der Waals surface area contributed by atoms with E-state index in [1.165, 1.54) is 11.6 Å². The highest BCUT2D eigenvalue weighted by Crippen LogP contribution is 2.28. The van der Waals surface area contributed by atoms with Crippen molar-refractivity contribution in [2.24, 2.45) is 0 Å². The molecule has 3 rings (SSSR count). The molecule has 1 aliphatic rings. The second kappa shape index (κ2) is 7.57. The van der Waals surface area contributed by atoms with E-state index in [1.54, 1.807) is 11.4 Å². The summed E-state index contributed by atoms with van der Waals surface area (Å²) >= 11 is 1.13. The Morgan fingerprint density at radius 3 is 2.52 bits per heavy atom. The van der Waals surface area contributed by atoms with Gasteiger partial charge in [0.05, 0.1) is 16.8 Å². The molecule has 1 saturated heterocycles. The lowest BCUT2D eigenvalue weighted by Gasteiger charge is -2.19. The van der Waals surface area contributed by atoms with Gasteiger partial charge in [-0.1, -0.05) is 36.4 Å². The molecular weight excluding hydrogens is 378 g/mol. The molecule has 8 heteroatoms. The van der Waals surface area contributed by atoms with Crippen LogP contribution in [-0.4, -0.2) is 46.2 Å². The molecule has 2 unspecified atom stereocenters. The van der Waals surface area contributed by atoms with E-state index in [2.05, 4.69) is 5.32 Å². The lowest BCUT2D eigenvalue weighted by Crippen LogP contribution is -2.43. The number of aryl methyl sites for hydroxylation is 1. The van der Waals surface area contributed by atoms with Crippen LogP contribution in [0.4, 0.5) is 0 Å². The molecule has 2 atom stereocenters. The maximum Gasteiger partial charge on any atom is 0.193 e. The summed E-state index contributed by atoms with van der Waals surface area (Å²) < 4.78 is 49.8. The Morgan fingerprint density at radius 1 is 1.08 bits per heavy atom. The molecule has 2 heterocycles. The fraction of sp³-hybridized carbons (Fsp3) is 0.412. The molecule has 1 aromatic heterocycles. The standard InChI is InChI=1S/C17H21NO4S3/c19-24(20)12-15(18-10-4-8-14-6-2-1-3-7-14)16(13-24)25(21,22)17-9-5-11-23-17/h1-3,5-7,9,11,15-16,18H,4,8,10,12-13H2. The molecule has 1 N–H and O–H groups in total. The van der Waals surface area contributed by atoms with Crippen LogP contribution in [0.2, 0.25) is 0 Å². The monoisotopic (exact) mass is 399 g/mol. The van der Waals surface area contributed by atoms with Gasteiger partial charge in [-0.25, -0.2) is 16.8 Å². The lowest BCUT2D eigenvalue weighted by atomic mass is 10.1. The molecule has 136 valence electrons. The molecule has 0 saturated carbocycles. The Kier molecular flexibility index (Phi) is 5.62. The maximum atomic E-state index is 12.8. The Bertz CT molecular complexity index is 891. The first kappa shape index (κ1) is 18.6. The summed E-state index contributed by atoms with van der Waals surface area (Å²) in [4.78, 5) is 0. The second-order valence-electron chi connectivity index (χ2n) is 6.24. The summed E-state index contributed by atoms with van der Waals surface area (Å²) in [6.07, 6.45) is 1.70. The van der Waals surface area contributed by atoms with Crippen LogP contribution in [0, 0.1) is 0 Å². The van der Waals surface area contributed by atoms with Crippen LogP contribution in [0.15, 0.2) is 52.1 Å². The zero-order chi connectivity index (χ0) is 17.9.